The second-order valence-corrected chi connectivity index (χ2v) is 6.22. The lowest BCUT2D eigenvalue weighted by molar-refractivity contribution is 0.421. The standard InChI is InChI=1S/C18H16N2O2S/c1-13-6-5-9-15(10-13)19-11-16-17(21)20(18(22)23-16)12-14-7-3-2-4-8-14/h2-11,21H,12H2,1H3. The Balaban J connectivity index is 1.87. The summed E-state index contributed by atoms with van der Waals surface area (Å²) in [7, 11) is 0. The van der Waals surface area contributed by atoms with Crippen LogP contribution in [0.25, 0.3) is 0 Å². The molecule has 116 valence electrons. The maximum absolute atomic E-state index is 12.1. The largest absolute Gasteiger partial charge is 0.493 e. The summed E-state index contributed by atoms with van der Waals surface area (Å²) in [5.41, 5.74) is 2.86. The van der Waals surface area contributed by atoms with Crippen molar-refractivity contribution in [3.8, 4) is 5.88 Å². The molecule has 0 saturated carbocycles. The molecule has 1 aromatic heterocycles. The highest BCUT2D eigenvalue weighted by Gasteiger charge is 2.12. The van der Waals surface area contributed by atoms with Crippen molar-refractivity contribution in [3.63, 3.8) is 0 Å². The normalized spacial score (nSPS) is 11.2. The van der Waals surface area contributed by atoms with Gasteiger partial charge >= 0.3 is 4.87 Å². The molecule has 23 heavy (non-hydrogen) atoms. The molecular weight excluding hydrogens is 308 g/mol. The number of hydrogen-bond donors (Lipinski definition) is 1. The molecule has 0 radical (unpaired) electrons. The molecule has 1 N–H and O–H groups in total. The lowest BCUT2D eigenvalue weighted by Gasteiger charge is -2.03. The number of aromatic nitrogens is 1. The number of aliphatic imine (C=N–C) groups is 1. The van der Waals surface area contributed by atoms with Crippen LogP contribution in [0.2, 0.25) is 0 Å². The highest BCUT2D eigenvalue weighted by molar-refractivity contribution is 7.11. The molecule has 0 aliphatic carbocycles. The molecule has 0 saturated heterocycles. The highest BCUT2D eigenvalue weighted by Crippen LogP contribution is 2.21. The van der Waals surface area contributed by atoms with E-state index in [1.807, 2.05) is 61.5 Å². The van der Waals surface area contributed by atoms with Crippen molar-refractivity contribution in [2.45, 2.75) is 13.5 Å². The number of benzene rings is 2. The van der Waals surface area contributed by atoms with Crippen molar-refractivity contribution in [1.29, 1.82) is 0 Å². The first-order valence-electron chi connectivity index (χ1n) is 7.21. The lowest BCUT2D eigenvalue weighted by Crippen LogP contribution is -2.13. The minimum absolute atomic E-state index is 0.0414. The van der Waals surface area contributed by atoms with Gasteiger partial charge in [0.15, 0.2) is 0 Å². The van der Waals surface area contributed by atoms with E-state index in [-0.39, 0.29) is 10.8 Å². The van der Waals surface area contributed by atoms with Crippen LogP contribution < -0.4 is 4.87 Å². The summed E-state index contributed by atoms with van der Waals surface area (Å²) in [6, 6.07) is 17.3. The van der Waals surface area contributed by atoms with Gasteiger partial charge < -0.3 is 5.11 Å². The summed E-state index contributed by atoms with van der Waals surface area (Å²) in [4.78, 5) is 16.7. The first kappa shape index (κ1) is 15.2. The molecule has 1 heterocycles. The molecule has 0 aliphatic rings. The average molecular weight is 324 g/mol. The second kappa shape index (κ2) is 6.62. The number of nitrogens with zero attached hydrogens (tertiary/aromatic N) is 2. The Kier molecular flexibility index (Phi) is 4.39. The topological polar surface area (TPSA) is 54.6 Å². The number of rotatable bonds is 4. The smallest absolute Gasteiger partial charge is 0.310 e. The zero-order valence-electron chi connectivity index (χ0n) is 12.6. The summed E-state index contributed by atoms with van der Waals surface area (Å²) < 4.78 is 1.36. The van der Waals surface area contributed by atoms with Crippen molar-refractivity contribution in [2.75, 3.05) is 0 Å². The zero-order chi connectivity index (χ0) is 16.2. The van der Waals surface area contributed by atoms with Crippen molar-refractivity contribution < 1.29 is 5.11 Å². The van der Waals surface area contributed by atoms with Gasteiger partial charge in [0.1, 0.15) is 4.88 Å². The van der Waals surface area contributed by atoms with Crippen molar-refractivity contribution in [2.24, 2.45) is 4.99 Å². The fourth-order valence-electron chi connectivity index (χ4n) is 2.25. The van der Waals surface area contributed by atoms with Crippen LogP contribution in [0.1, 0.15) is 16.0 Å². The van der Waals surface area contributed by atoms with Crippen LogP contribution in [0.4, 0.5) is 5.69 Å². The Morgan fingerprint density at radius 3 is 2.70 bits per heavy atom. The quantitative estimate of drug-likeness (QED) is 0.744. The Labute approximate surface area is 138 Å². The molecule has 0 fully saturated rings. The Morgan fingerprint density at radius 2 is 1.96 bits per heavy atom. The van der Waals surface area contributed by atoms with E-state index in [1.165, 1.54) is 10.8 Å². The second-order valence-electron chi connectivity index (χ2n) is 5.22. The first-order valence-corrected chi connectivity index (χ1v) is 8.02. The Bertz CT molecular complexity index is 895. The molecule has 0 bridgehead atoms. The van der Waals surface area contributed by atoms with Gasteiger partial charge in [-0.25, -0.2) is 0 Å². The number of aromatic hydroxyl groups is 1. The third-order valence-corrected chi connectivity index (χ3v) is 4.31. The predicted molar refractivity (Wildman–Crippen MR) is 94.2 cm³/mol. The van der Waals surface area contributed by atoms with Crippen LogP contribution in [0, 0.1) is 6.92 Å². The van der Waals surface area contributed by atoms with Gasteiger partial charge in [0.2, 0.25) is 5.88 Å². The maximum Gasteiger partial charge on any atom is 0.310 e. The Hall–Kier alpha value is -2.66. The van der Waals surface area contributed by atoms with Crippen LogP contribution >= 0.6 is 11.3 Å². The van der Waals surface area contributed by atoms with E-state index in [2.05, 4.69) is 4.99 Å². The summed E-state index contributed by atoms with van der Waals surface area (Å²) >= 11 is 0.992. The Morgan fingerprint density at radius 1 is 1.17 bits per heavy atom. The minimum Gasteiger partial charge on any atom is -0.493 e. The molecule has 2 aromatic carbocycles. The van der Waals surface area contributed by atoms with E-state index in [9.17, 15) is 9.90 Å². The van der Waals surface area contributed by atoms with Crippen LogP contribution in [-0.4, -0.2) is 15.9 Å². The van der Waals surface area contributed by atoms with Gasteiger partial charge in [-0.1, -0.05) is 53.8 Å². The van der Waals surface area contributed by atoms with Gasteiger partial charge in [0.25, 0.3) is 0 Å². The van der Waals surface area contributed by atoms with Crippen LogP contribution in [0.3, 0.4) is 0 Å². The van der Waals surface area contributed by atoms with Crippen molar-refractivity contribution in [3.05, 3.63) is 80.3 Å². The van der Waals surface area contributed by atoms with Gasteiger partial charge in [-0.2, -0.15) is 0 Å². The van der Waals surface area contributed by atoms with Gasteiger partial charge in [0, 0.05) is 0 Å². The fraction of sp³-hybridized carbons (Fsp3) is 0.111. The molecule has 3 rings (SSSR count). The molecule has 0 aliphatic heterocycles. The molecule has 0 atom stereocenters. The molecule has 4 nitrogen and oxygen atoms in total. The van der Waals surface area contributed by atoms with Gasteiger partial charge in [-0.15, -0.1) is 0 Å². The lowest BCUT2D eigenvalue weighted by atomic mass is 10.2. The van der Waals surface area contributed by atoms with Crippen LogP contribution in [0.5, 0.6) is 5.88 Å². The van der Waals surface area contributed by atoms with Crippen LogP contribution in [-0.2, 0) is 6.54 Å². The predicted octanol–water partition coefficient (Wildman–Crippen LogP) is 3.72. The van der Waals surface area contributed by atoms with E-state index < -0.39 is 0 Å². The average Bonchev–Trinajstić information content (AvgIpc) is 2.82. The monoisotopic (exact) mass is 324 g/mol. The molecule has 3 aromatic rings. The number of hydrogen-bond acceptors (Lipinski definition) is 4. The van der Waals surface area contributed by atoms with Gasteiger partial charge in [-0.05, 0) is 30.2 Å². The first-order chi connectivity index (χ1) is 11.1. The van der Waals surface area contributed by atoms with Gasteiger partial charge in [0.05, 0.1) is 18.4 Å². The number of thiazole rings is 1. The van der Waals surface area contributed by atoms with Crippen molar-refractivity contribution >= 4 is 23.2 Å². The fourth-order valence-corrected chi connectivity index (χ4v) is 3.00. The van der Waals surface area contributed by atoms with Crippen molar-refractivity contribution in [1.82, 2.24) is 4.57 Å². The minimum atomic E-state index is -0.197. The molecule has 0 spiro atoms. The number of aryl methyl sites for hydroxylation is 1. The maximum atomic E-state index is 12.1. The van der Waals surface area contributed by atoms with E-state index in [4.69, 9.17) is 0 Å². The SMILES string of the molecule is Cc1cccc(N=Cc2sc(=O)n(Cc3ccccc3)c2O)c1. The van der Waals surface area contributed by atoms with E-state index in [0.29, 0.717) is 11.4 Å². The van der Waals surface area contributed by atoms with E-state index >= 15 is 0 Å². The van der Waals surface area contributed by atoms with Crippen LogP contribution in [0.15, 0.2) is 64.4 Å². The molecule has 0 amide bonds. The third-order valence-electron chi connectivity index (χ3n) is 3.41. The van der Waals surface area contributed by atoms with E-state index in [0.717, 1.165) is 28.2 Å². The molecule has 0 unspecified atom stereocenters. The highest BCUT2D eigenvalue weighted by atomic mass is 32.1. The summed E-state index contributed by atoms with van der Waals surface area (Å²) in [5, 5.41) is 10.3. The summed E-state index contributed by atoms with van der Waals surface area (Å²) in [6.45, 7) is 2.34. The molecule has 5 heteroatoms. The summed E-state index contributed by atoms with van der Waals surface area (Å²) in [6.07, 6.45) is 1.54. The van der Waals surface area contributed by atoms with Gasteiger partial charge in [-0.3, -0.25) is 14.4 Å². The third kappa shape index (κ3) is 3.57. The van der Waals surface area contributed by atoms with E-state index in [1.54, 1.807) is 0 Å². The zero-order valence-corrected chi connectivity index (χ0v) is 13.5. The summed E-state index contributed by atoms with van der Waals surface area (Å²) in [5.74, 6) is -0.0414. The molecular formula is C18H16N2O2S.